The van der Waals surface area contributed by atoms with Crippen LogP contribution in [0.5, 0.6) is 0 Å². The largest absolute Gasteiger partial charge is 0.370 e. The average Bonchev–Trinajstić information content (AvgIpc) is 1.46. The van der Waals surface area contributed by atoms with E-state index in [4.69, 9.17) is 85.7 Å². The van der Waals surface area contributed by atoms with E-state index in [1.54, 1.807) is 6.07 Å². The summed E-state index contributed by atoms with van der Waals surface area (Å²) in [4.78, 5) is 64.6. The van der Waals surface area contributed by atoms with E-state index in [2.05, 4.69) is 105 Å². The van der Waals surface area contributed by atoms with Crippen LogP contribution in [0.4, 0.5) is 57.1 Å². The minimum absolute atomic E-state index is 0.00571. The van der Waals surface area contributed by atoms with Gasteiger partial charge in [-0.2, -0.15) is 5.26 Å². The van der Waals surface area contributed by atoms with Crippen molar-refractivity contribution in [1.29, 1.82) is 5.26 Å². The first-order valence-corrected chi connectivity index (χ1v) is 38.6. The van der Waals surface area contributed by atoms with Crippen molar-refractivity contribution in [3.05, 3.63) is 386 Å². The lowest BCUT2D eigenvalue weighted by molar-refractivity contribution is 1.22. The summed E-state index contributed by atoms with van der Waals surface area (Å²) >= 11 is 0. The maximum absolute atomic E-state index is 10.3. The van der Waals surface area contributed by atoms with Crippen molar-refractivity contribution in [3.8, 4) is 17.2 Å². The number of imidazole rings is 4. The number of para-hydroxylation sites is 8. The van der Waals surface area contributed by atoms with Gasteiger partial charge in [0.2, 0.25) is 22.6 Å². The predicted octanol–water partition coefficient (Wildman–Crippen LogP) is 28.7. The second-order valence-electron chi connectivity index (χ2n) is 29.0. The summed E-state index contributed by atoms with van der Waals surface area (Å²) in [6, 6.07) is 83.5. The fraction of sp³-hybridized carbons (Fsp3) is 0.0194. The summed E-state index contributed by atoms with van der Waals surface area (Å²) < 4.78 is 7.93. The second kappa shape index (κ2) is 29.1. The maximum Gasteiger partial charge on any atom is 0.295 e. The predicted molar refractivity (Wildman–Crippen MR) is 494 cm³/mol. The molecule has 0 fully saturated rings. The Labute approximate surface area is 703 Å². The number of hydrogen-bond acceptors (Lipinski definition) is 7. The Bertz CT molecular complexity index is 9140. The van der Waals surface area contributed by atoms with Gasteiger partial charge in [0.15, 0.2) is 28.4 Å². The molecule has 0 bridgehead atoms. The lowest BCUT2D eigenvalue weighted by atomic mass is 9.90. The molecular formula is C103H49N21. The van der Waals surface area contributed by atoms with Crippen molar-refractivity contribution >= 4 is 238 Å². The van der Waals surface area contributed by atoms with E-state index in [0.717, 1.165) is 164 Å². The van der Waals surface area contributed by atoms with Gasteiger partial charge in [0.25, 0.3) is 17.3 Å². The molecule has 0 aliphatic heterocycles. The minimum Gasteiger partial charge on any atom is -0.370 e. The van der Waals surface area contributed by atoms with Gasteiger partial charge in [0.05, 0.1) is 108 Å². The zero-order valence-electron chi connectivity index (χ0n) is 65.2. The van der Waals surface area contributed by atoms with E-state index in [0.29, 0.717) is 44.5 Å². The molecule has 21 heteroatoms. The van der Waals surface area contributed by atoms with Crippen LogP contribution < -0.4 is 0 Å². The van der Waals surface area contributed by atoms with Crippen LogP contribution in [0.15, 0.2) is 255 Å². The quantitative estimate of drug-likeness (QED) is 0.123. The van der Waals surface area contributed by atoms with Crippen LogP contribution in [0.25, 0.3) is 241 Å². The van der Waals surface area contributed by atoms with Gasteiger partial charge in [-0.1, -0.05) is 201 Å². The third kappa shape index (κ3) is 10.9. The molecule has 124 heavy (non-hydrogen) atoms. The SMILES string of the molecule is [C-]#[N+]c1c([N+]#[C-])c(C#N)c2c(c1[N+]#[C-])c(-c1ccccc1/C=C\C)c(C)c1nc3ccccc3n12.[C-]#[N+]c1cc2c(c([N+]#[C-])c1[N+]#[C-])c1c3ccccc3ccc1c1nc3ccccc3n21.[C-]#[N+]c1cc2c3c4ccccc4ccc3c3nc4ccccc4n3c2cc1[N+]#[C-].[C-]#[N+]c1nc2c3c4ccccc4ccc3c3nc4ccccc4n3c2nc1[N+]#[C-]. The molecule has 9 aromatic heterocycles. The Morgan fingerprint density at radius 2 is 0.742 bits per heavy atom. The number of benzene rings is 14. The molecule has 0 saturated heterocycles. The number of allylic oxidation sites excluding steroid dienone is 1. The van der Waals surface area contributed by atoms with Gasteiger partial charge in [-0.25, -0.2) is 19.9 Å². The zero-order chi connectivity index (χ0) is 84.9. The van der Waals surface area contributed by atoms with E-state index in [-0.39, 0.29) is 51.3 Å². The topological polar surface area (TPSA) is 162 Å². The first-order valence-electron chi connectivity index (χ1n) is 38.6. The highest BCUT2D eigenvalue weighted by molar-refractivity contribution is 6.30. The summed E-state index contributed by atoms with van der Waals surface area (Å²) in [5.41, 5.74) is 17.7. The van der Waals surface area contributed by atoms with Gasteiger partial charge in [0.1, 0.15) is 22.6 Å². The molecule has 0 aliphatic carbocycles. The van der Waals surface area contributed by atoms with Crippen LogP contribution in [-0.2, 0) is 0 Å². The molecule has 0 saturated carbocycles. The Morgan fingerprint density at radius 3 is 1.27 bits per heavy atom. The number of hydrogen-bond donors (Lipinski definition) is 0. The van der Waals surface area contributed by atoms with Crippen LogP contribution in [0.2, 0.25) is 0 Å². The lowest BCUT2D eigenvalue weighted by Crippen LogP contribution is -2.00. The molecule has 21 nitrogen and oxygen atoms in total. The van der Waals surface area contributed by atoms with Crippen molar-refractivity contribution < 1.29 is 0 Å². The Balaban J connectivity index is 0.000000105. The number of pyridine rings is 4. The standard InChI is InChI=1S/C29H16N6.C26H11N5.C25H12N4.C23H10N6/c1-6-11-18-12-7-8-13-19(18)23-17(2)29-34-21-14-9-10-15-22(21)35(29)28-20(16-30)25(31-3)27(33-5)26(32-4)24(23)28;1-27-19-14-21-23(25(29-3)24(19)28-2)22-16-9-5-4-8-15(16)12-13-17(22)26-30-18-10-6-7-11-20(18)31(21)26;1-26-20-13-18-23(14-21(20)27-2)29-22-10-6-5-9-19(22)28-25(29)17-12-11-15-7-3-4-8-16(15)24(17)18;1-24-20-21(25-2)28-23-19(27-20)18-14-8-4-3-7-13(14)11-12-15(18)22-26-16-9-5-6-10-17(16)29(22)23/h6-15H,1-2H3;4-14H;3-14H;3-12H/b11-6-;;;. The lowest BCUT2D eigenvalue weighted by Gasteiger charge is -2.19. The summed E-state index contributed by atoms with van der Waals surface area (Å²) in [6.07, 6.45) is 3.93. The molecule has 566 valence electrons. The average molecular weight is 1580 g/mol. The Kier molecular flexibility index (Phi) is 17.3. The van der Waals surface area contributed by atoms with Gasteiger partial charge in [-0.3, -0.25) is 56.4 Å². The minimum atomic E-state index is -0.100. The monoisotopic (exact) mass is 1580 g/mol. The van der Waals surface area contributed by atoms with Crippen molar-refractivity contribution in [1.82, 2.24) is 47.5 Å². The van der Waals surface area contributed by atoms with E-state index < -0.39 is 0 Å². The number of rotatable bonds is 2. The van der Waals surface area contributed by atoms with Gasteiger partial charge in [-0.15, -0.1) is 9.97 Å². The number of nitriles is 1. The second-order valence-corrected chi connectivity index (χ2v) is 29.0. The van der Waals surface area contributed by atoms with Crippen molar-refractivity contribution in [2.75, 3.05) is 0 Å². The Hall–Kier alpha value is -19.3. The van der Waals surface area contributed by atoms with Crippen molar-refractivity contribution in [2.45, 2.75) is 13.8 Å². The summed E-state index contributed by atoms with van der Waals surface area (Å²) in [7, 11) is 0. The molecule has 23 rings (SSSR count). The summed E-state index contributed by atoms with van der Waals surface area (Å²) in [6.45, 7) is 80.6. The van der Waals surface area contributed by atoms with Crippen LogP contribution in [-0.4, -0.2) is 47.5 Å². The normalized spacial score (nSPS) is 11.2. The summed E-state index contributed by atoms with van der Waals surface area (Å²) in [5.74, 6) is 0.0247. The smallest absolute Gasteiger partial charge is 0.295 e. The molecule has 9 heterocycles. The molecule has 0 amide bonds. The van der Waals surface area contributed by atoms with Crippen LogP contribution >= 0.6 is 0 Å². The molecule has 0 unspecified atom stereocenters. The fourth-order valence-corrected chi connectivity index (χ4v) is 17.7. The van der Waals surface area contributed by atoms with Gasteiger partial charge in [-0.05, 0) is 157 Å². The first-order chi connectivity index (χ1) is 61.0. The molecular weight excluding hydrogens is 1530 g/mol. The highest BCUT2D eigenvalue weighted by Crippen LogP contribution is 2.54. The summed E-state index contributed by atoms with van der Waals surface area (Å²) in [5, 5.41) is 24.5. The fourth-order valence-electron chi connectivity index (χ4n) is 17.7. The number of fused-ring (bicyclic) bond motifs is 35. The van der Waals surface area contributed by atoms with Crippen LogP contribution in [0.3, 0.4) is 0 Å². The van der Waals surface area contributed by atoms with E-state index in [1.165, 1.54) is 0 Å². The maximum atomic E-state index is 10.3. The first kappa shape index (κ1) is 73.6. The highest BCUT2D eigenvalue weighted by atomic mass is 15.1. The molecule has 14 aromatic carbocycles. The van der Waals surface area contributed by atoms with Gasteiger partial charge >= 0.3 is 0 Å². The number of aromatic nitrogens is 10. The van der Waals surface area contributed by atoms with Gasteiger partial charge < -0.3 is 9.69 Å². The highest BCUT2D eigenvalue weighted by Gasteiger charge is 2.31. The third-order valence-corrected chi connectivity index (χ3v) is 22.8. The van der Waals surface area contributed by atoms with Crippen molar-refractivity contribution in [3.63, 3.8) is 0 Å². The van der Waals surface area contributed by atoms with Crippen LogP contribution in [0, 0.1) is 84.0 Å². The molecule has 0 radical (unpaired) electrons. The number of aryl methyl sites for hydroxylation is 1. The zero-order valence-corrected chi connectivity index (χ0v) is 65.2. The van der Waals surface area contributed by atoms with E-state index >= 15 is 0 Å². The van der Waals surface area contributed by atoms with Gasteiger partial charge in [0, 0.05) is 48.9 Å². The molecule has 0 atom stereocenters. The Morgan fingerprint density at radius 1 is 0.315 bits per heavy atom. The van der Waals surface area contributed by atoms with E-state index in [1.807, 2.05) is 245 Å². The van der Waals surface area contributed by atoms with E-state index in [9.17, 15) is 5.26 Å². The van der Waals surface area contributed by atoms with Crippen molar-refractivity contribution in [2.24, 2.45) is 0 Å². The molecule has 23 aromatic rings. The van der Waals surface area contributed by atoms with Crippen LogP contribution in [0.1, 0.15) is 23.6 Å². The number of nitrogens with zero attached hydrogens (tertiary/aromatic N) is 21. The molecule has 0 aliphatic rings. The molecule has 0 N–H and O–H groups in total. The third-order valence-electron chi connectivity index (χ3n) is 22.8. The molecule has 0 spiro atoms.